The van der Waals surface area contributed by atoms with Crippen LogP contribution in [0.2, 0.25) is 0 Å². The van der Waals surface area contributed by atoms with Gasteiger partial charge in [-0.25, -0.2) is 0 Å². The van der Waals surface area contributed by atoms with Crippen molar-refractivity contribution in [2.24, 2.45) is 5.92 Å². The number of hydrogen-bond donors (Lipinski definition) is 1. The highest BCUT2D eigenvalue weighted by molar-refractivity contribution is 5.92. The van der Waals surface area contributed by atoms with Crippen LogP contribution in [0, 0.1) is 5.92 Å². The summed E-state index contributed by atoms with van der Waals surface area (Å²) in [5.41, 5.74) is 2.12. The lowest BCUT2D eigenvalue weighted by Gasteiger charge is -2.32. The van der Waals surface area contributed by atoms with E-state index in [-0.39, 0.29) is 11.8 Å². The molecule has 2 aromatic carbocycles. The Morgan fingerprint density at radius 2 is 1.92 bits per heavy atom. The molecule has 1 saturated heterocycles. The lowest BCUT2D eigenvalue weighted by molar-refractivity contribution is -0.121. The molecule has 4 nitrogen and oxygen atoms in total. The zero-order chi connectivity index (χ0) is 16.8. The van der Waals surface area contributed by atoms with Crippen molar-refractivity contribution in [2.45, 2.75) is 19.4 Å². The Hall–Kier alpha value is -2.33. The number of carbonyl (C=O) groups excluding carboxylic acids is 1. The summed E-state index contributed by atoms with van der Waals surface area (Å²) in [4.78, 5) is 14.9. The van der Waals surface area contributed by atoms with Crippen LogP contribution in [-0.2, 0) is 11.3 Å². The van der Waals surface area contributed by atoms with Crippen molar-refractivity contribution in [1.29, 1.82) is 0 Å². The lowest BCUT2D eigenvalue weighted by Crippen LogP contribution is -2.40. The molecule has 1 amide bonds. The van der Waals surface area contributed by atoms with Crippen molar-refractivity contribution in [3.05, 3.63) is 60.2 Å². The Kier molecular flexibility index (Phi) is 5.49. The molecule has 3 rings (SSSR count). The van der Waals surface area contributed by atoms with Gasteiger partial charge in [0.15, 0.2) is 0 Å². The van der Waals surface area contributed by atoms with Gasteiger partial charge in [0.2, 0.25) is 5.91 Å². The molecule has 1 aliphatic heterocycles. The maximum Gasteiger partial charge on any atom is 0.228 e. The van der Waals surface area contributed by atoms with Crippen LogP contribution >= 0.6 is 0 Å². The third-order valence-electron chi connectivity index (χ3n) is 4.48. The Morgan fingerprint density at radius 1 is 1.17 bits per heavy atom. The van der Waals surface area contributed by atoms with Gasteiger partial charge in [-0.05, 0) is 49.2 Å². The van der Waals surface area contributed by atoms with Crippen molar-refractivity contribution in [2.75, 3.05) is 25.5 Å². The van der Waals surface area contributed by atoms with Crippen LogP contribution in [0.15, 0.2) is 54.6 Å². The fourth-order valence-corrected chi connectivity index (χ4v) is 3.17. The molecule has 0 unspecified atom stereocenters. The second kappa shape index (κ2) is 7.97. The number of piperidine rings is 1. The van der Waals surface area contributed by atoms with Gasteiger partial charge in [0, 0.05) is 18.8 Å². The Morgan fingerprint density at radius 3 is 2.62 bits per heavy atom. The van der Waals surface area contributed by atoms with E-state index in [9.17, 15) is 4.79 Å². The van der Waals surface area contributed by atoms with Gasteiger partial charge in [-0.15, -0.1) is 0 Å². The van der Waals surface area contributed by atoms with E-state index in [0.29, 0.717) is 0 Å². The summed E-state index contributed by atoms with van der Waals surface area (Å²) in [6.45, 7) is 2.78. The summed E-state index contributed by atoms with van der Waals surface area (Å²) in [7, 11) is 1.64. The first-order valence-corrected chi connectivity index (χ1v) is 8.46. The summed E-state index contributed by atoms with van der Waals surface area (Å²) in [5.74, 6) is 0.946. The number of benzene rings is 2. The second-order valence-electron chi connectivity index (χ2n) is 6.28. The molecule has 0 radical (unpaired) electrons. The first-order valence-electron chi connectivity index (χ1n) is 8.46. The highest BCUT2D eigenvalue weighted by Gasteiger charge is 2.25. The molecule has 1 heterocycles. The number of methoxy groups -OCH3 is 1. The third-order valence-corrected chi connectivity index (χ3v) is 4.48. The lowest BCUT2D eigenvalue weighted by atomic mass is 9.96. The maximum absolute atomic E-state index is 12.6. The number of nitrogens with zero attached hydrogens (tertiary/aromatic N) is 1. The summed E-state index contributed by atoms with van der Waals surface area (Å²) < 4.78 is 5.14. The molecule has 0 bridgehead atoms. The van der Waals surface area contributed by atoms with E-state index in [1.165, 1.54) is 5.56 Å². The predicted molar refractivity (Wildman–Crippen MR) is 96.1 cm³/mol. The van der Waals surface area contributed by atoms with Gasteiger partial charge in [0.25, 0.3) is 0 Å². The number of amides is 1. The van der Waals surface area contributed by atoms with Gasteiger partial charge < -0.3 is 10.1 Å². The van der Waals surface area contributed by atoms with Gasteiger partial charge in [-0.3, -0.25) is 9.69 Å². The number of carbonyl (C=O) groups is 1. The highest BCUT2D eigenvalue weighted by atomic mass is 16.5. The summed E-state index contributed by atoms with van der Waals surface area (Å²) >= 11 is 0. The molecule has 0 saturated carbocycles. The van der Waals surface area contributed by atoms with E-state index in [4.69, 9.17) is 4.74 Å². The first-order chi connectivity index (χ1) is 11.7. The van der Waals surface area contributed by atoms with Crippen molar-refractivity contribution in [3.63, 3.8) is 0 Å². The number of nitrogens with one attached hydrogen (secondary N) is 1. The van der Waals surface area contributed by atoms with E-state index in [0.717, 1.165) is 43.9 Å². The van der Waals surface area contributed by atoms with Crippen LogP contribution in [-0.4, -0.2) is 31.0 Å². The normalized spacial score (nSPS) is 18.1. The molecule has 0 aliphatic carbocycles. The molecule has 1 aliphatic rings. The van der Waals surface area contributed by atoms with Crippen LogP contribution in [0.25, 0.3) is 0 Å². The smallest absolute Gasteiger partial charge is 0.228 e. The summed E-state index contributed by atoms with van der Waals surface area (Å²) in [6, 6.07) is 17.9. The van der Waals surface area contributed by atoms with Gasteiger partial charge >= 0.3 is 0 Å². The molecule has 1 atom stereocenters. The van der Waals surface area contributed by atoms with E-state index >= 15 is 0 Å². The monoisotopic (exact) mass is 324 g/mol. The van der Waals surface area contributed by atoms with E-state index in [1.807, 2.05) is 30.3 Å². The Bertz CT molecular complexity index is 655. The van der Waals surface area contributed by atoms with Crippen LogP contribution in [0.1, 0.15) is 18.4 Å². The second-order valence-corrected chi connectivity index (χ2v) is 6.28. The minimum atomic E-state index is 0.0459. The SMILES string of the molecule is COc1ccc(NC(=O)[C@@H]2CCCN(Cc3ccccc3)C2)cc1. The van der Waals surface area contributed by atoms with Gasteiger partial charge in [-0.2, -0.15) is 0 Å². The zero-order valence-corrected chi connectivity index (χ0v) is 14.1. The van der Waals surface area contributed by atoms with Crippen LogP contribution in [0.4, 0.5) is 5.69 Å². The maximum atomic E-state index is 12.6. The van der Waals surface area contributed by atoms with Gasteiger partial charge in [0.05, 0.1) is 13.0 Å². The molecule has 1 fully saturated rings. The van der Waals surface area contributed by atoms with E-state index in [1.54, 1.807) is 7.11 Å². The molecular weight excluding hydrogens is 300 g/mol. The van der Waals surface area contributed by atoms with Crippen molar-refractivity contribution in [3.8, 4) is 5.75 Å². The minimum Gasteiger partial charge on any atom is -0.497 e. The van der Waals surface area contributed by atoms with E-state index < -0.39 is 0 Å². The fourth-order valence-electron chi connectivity index (χ4n) is 3.17. The number of anilines is 1. The van der Waals surface area contributed by atoms with Crippen molar-refractivity contribution < 1.29 is 9.53 Å². The topological polar surface area (TPSA) is 41.6 Å². The molecule has 0 aromatic heterocycles. The van der Waals surface area contributed by atoms with Crippen molar-refractivity contribution >= 4 is 11.6 Å². The van der Waals surface area contributed by atoms with Gasteiger partial charge in [-0.1, -0.05) is 30.3 Å². The summed E-state index contributed by atoms with van der Waals surface area (Å²) in [6.07, 6.45) is 2.01. The average molecular weight is 324 g/mol. The quantitative estimate of drug-likeness (QED) is 0.914. The number of rotatable bonds is 5. The zero-order valence-electron chi connectivity index (χ0n) is 14.1. The number of ether oxygens (including phenoxy) is 1. The average Bonchev–Trinajstić information content (AvgIpc) is 2.63. The van der Waals surface area contributed by atoms with Crippen LogP contribution < -0.4 is 10.1 Å². The molecule has 24 heavy (non-hydrogen) atoms. The number of likely N-dealkylation sites (tertiary alicyclic amines) is 1. The predicted octanol–water partition coefficient (Wildman–Crippen LogP) is 3.55. The first kappa shape index (κ1) is 16.5. The Labute approximate surface area is 143 Å². The Balaban J connectivity index is 1.56. The molecule has 126 valence electrons. The fraction of sp³-hybridized carbons (Fsp3) is 0.350. The highest BCUT2D eigenvalue weighted by Crippen LogP contribution is 2.21. The number of hydrogen-bond acceptors (Lipinski definition) is 3. The van der Waals surface area contributed by atoms with Gasteiger partial charge in [0.1, 0.15) is 5.75 Å². The molecular formula is C20H24N2O2. The largest absolute Gasteiger partial charge is 0.497 e. The standard InChI is InChI=1S/C20H24N2O2/c1-24-19-11-9-18(10-12-19)21-20(23)17-8-5-13-22(15-17)14-16-6-3-2-4-7-16/h2-4,6-7,9-12,17H,5,8,13-15H2,1H3,(H,21,23)/t17-/m1/s1. The van der Waals surface area contributed by atoms with E-state index in [2.05, 4.69) is 34.5 Å². The van der Waals surface area contributed by atoms with Crippen molar-refractivity contribution in [1.82, 2.24) is 4.90 Å². The molecule has 0 spiro atoms. The summed E-state index contributed by atoms with van der Waals surface area (Å²) in [5, 5.41) is 3.03. The third kappa shape index (κ3) is 4.36. The van der Waals surface area contributed by atoms with Crippen LogP contribution in [0.3, 0.4) is 0 Å². The molecule has 1 N–H and O–H groups in total. The van der Waals surface area contributed by atoms with Crippen LogP contribution in [0.5, 0.6) is 5.75 Å². The molecule has 2 aromatic rings. The minimum absolute atomic E-state index is 0.0459. The molecule has 4 heteroatoms.